The number of likely N-dealkylation sites (tertiary alicyclic amines) is 2. The van der Waals surface area contributed by atoms with E-state index in [0.29, 0.717) is 77.1 Å². The molecule has 2 aliphatic carbocycles. The number of pyridine rings is 1. The number of ether oxygens (including phenoxy) is 3. The summed E-state index contributed by atoms with van der Waals surface area (Å²) in [6.07, 6.45) is 3.89. The van der Waals surface area contributed by atoms with E-state index < -0.39 is 23.7 Å². The van der Waals surface area contributed by atoms with Crippen molar-refractivity contribution >= 4 is 46.3 Å². The highest BCUT2D eigenvalue weighted by Gasteiger charge is 2.46. The summed E-state index contributed by atoms with van der Waals surface area (Å²) in [5.41, 5.74) is 0.310. The molecule has 1 aromatic carbocycles. The largest absolute Gasteiger partial charge is 0.416 e. The summed E-state index contributed by atoms with van der Waals surface area (Å²) in [7, 11) is 3.76. The van der Waals surface area contributed by atoms with Crippen molar-refractivity contribution in [1.29, 1.82) is 0 Å². The molecule has 4 N–H and O–H groups in total. The van der Waals surface area contributed by atoms with Crippen LogP contribution in [0.15, 0.2) is 49.1 Å². The highest BCUT2D eigenvalue weighted by atomic mass is 19.4. The Kier molecular flexibility index (Phi) is 17.4. The molecule has 4 heterocycles. The van der Waals surface area contributed by atoms with Gasteiger partial charge in [-0.1, -0.05) is 6.07 Å². The minimum atomic E-state index is -4.55. The lowest BCUT2D eigenvalue weighted by atomic mass is 9.78. The van der Waals surface area contributed by atoms with Gasteiger partial charge in [0.1, 0.15) is 18.2 Å². The van der Waals surface area contributed by atoms with Crippen molar-refractivity contribution in [3.63, 3.8) is 0 Å². The third-order valence-electron chi connectivity index (χ3n) is 14.0. The second kappa shape index (κ2) is 23.4. The molecule has 0 radical (unpaired) electrons. The molecule has 0 spiro atoms. The molecule has 3 aromatic rings. The number of carbonyl (C=O) groups excluding carboxylic acids is 5. The highest BCUT2D eigenvalue weighted by molar-refractivity contribution is 5.93. The van der Waals surface area contributed by atoms with Gasteiger partial charge in [0.05, 0.1) is 74.8 Å². The summed E-state index contributed by atoms with van der Waals surface area (Å²) < 4.78 is 57.4. The van der Waals surface area contributed by atoms with Crippen LogP contribution in [0.2, 0.25) is 0 Å². The number of benzene rings is 1. The molecule has 5 amide bonds. The van der Waals surface area contributed by atoms with Gasteiger partial charge in [-0.2, -0.15) is 13.2 Å². The molecular formula is C48H65F3N10O8. The average Bonchev–Trinajstić information content (AvgIpc) is 3.83. The first-order valence-electron chi connectivity index (χ1n) is 24.0. The monoisotopic (exact) mass is 966 g/mol. The molecule has 7 rings (SSSR count). The molecule has 4 fully saturated rings. The Balaban J connectivity index is 0.772. The van der Waals surface area contributed by atoms with Crippen molar-refractivity contribution in [2.45, 2.75) is 114 Å². The van der Waals surface area contributed by atoms with Crippen molar-refractivity contribution in [3.05, 3.63) is 60.2 Å². The van der Waals surface area contributed by atoms with E-state index in [1.54, 1.807) is 35.3 Å². The van der Waals surface area contributed by atoms with Gasteiger partial charge in [-0.15, -0.1) is 0 Å². The second-order valence-electron chi connectivity index (χ2n) is 18.7. The fraction of sp³-hybridized carbons (Fsp3) is 0.625. The van der Waals surface area contributed by atoms with E-state index in [9.17, 15) is 37.1 Å². The molecule has 2 saturated heterocycles. The fourth-order valence-electron chi connectivity index (χ4n) is 9.88. The van der Waals surface area contributed by atoms with Gasteiger partial charge >= 0.3 is 6.18 Å². The first kappa shape index (κ1) is 51.3. The third-order valence-corrected chi connectivity index (χ3v) is 14.0. The SMILES string of the molecule is CC(C)N(C)[C@@H]1CC[C@H](N2CC[C@H](Nc3ncnc4ccc(C(F)(F)F)cc34)C2=O)[C@H](NC(=O)[C@H]2C[C@@H](NC(=O)CCOCCOCCOCCNC(=O)[C@H]3CC(=O)N(C)[C@@H]3c3cccnc3)C2)C1. The van der Waals surface area contributed by atoms with Gasteiger partial charge in [0.2, 0.25) is 29.5 Å². The number of nitrogens with zero attached hydrogens (tertiary/aromatic N) is 6. The molecule has 69 heavy (non-hydrogen) atoms. The van der Waals surface area contributed by atoms with Crippen molar-refractivity contribution in [2.24, 2.45) is 11.8 Å². The van der Waals surface area contributed by atoms with E-state index in [1.807, 2.05) is 6.07 Å². The lowest BCUT2D eigenvalue weighted by Gasteiger charge is -2.45. The number of aromatic nitrogens is 3. The maximum Gasteiger partial charge on any atom is 0.416 e. The number of fused-ring (bicyclic) bond motifs is 1. The maximum absolute atomic E-state index is 14.0. The van der Waals surface area contributed by atoms with Crippen molar-refractivity contribution in [1.82, 2.24) is 45.6 Å². The van der Waals surface area contributed by atoms with Crippen LogP contribution in [0.4, 0.5) is 19.0 Å². The second-order valence-corrected chi connectivity index (χ2v) is 18.7. The van der Waals surface area contributed by atoms with Crippen LogP contribution in [0.3, 0.4) is 0 Å². The summed E-state index contributed by atoms with van der Waals surface area (Å²) in [4.78, 5) is 83.8. The zero-order valence-electron chi connectivity index (χ0n) is 39.7. The molecule has 18 nitrogen and oxygen atoms in total. The number of amides is 5. The Labute approximate surface area is 400 Å². The number of rotatable bonds is 22. The summed E-state index contributed by atoms with van der Waals surface area (Å²) in [6, 6.07) is 5.57. The Morgan fingerprint density at radius 3 is 2.36 bits per heavy atom. The lowest BCUT2D eigenvalue weighted by molar-refractivity contribution is -0.137. The van der Waals surface area contributed by atoms with E-state index in [0.717, 1.165) is 24.1 Å². The molecule has 2 aromatic heterocycles. The van der Waals surface area contributed by atoms with Crippen LogP contribution in [0.25, 0.3) is 10.9 Å². The Morgan fingerprint density at radius 2 is 1.65 bits per heavy atom. The molecule has 2 aliphatic heterocycles. The van der Waals surface area contributed by atoms with Gasteiger partial charge < -0.3 is 50.2 Å². The summed E-state index contributed by atoms with van der Waals surface area (Å²) in [5.74, 6) is -1.41. The van der Waals surface area contributed by atoms with Crippen molar-refractivity contribution in [3.8, 4) is 0 Å². The van der Waals surface area contributed by atoms with E-state index in [2.05, 4.69) is 62.0 Å². The van der Waals surface area contributed by atoms with E-state index >= 15 is 0 Å². The van der Waals surface area contributed by atoms with Gasteiger partial charge in [0, 0.05) is 74.8 Å². The van der Waals surface area contributed by atoms with E-state index in [4.69, 9.17) is 14.2 Å². The predicted molar refractivity (Wildman–Crippen MR) is 247 cm³/mol. The van der Waals surface area contributed by atoms with Crippen LogP contribution in [0.5, 0.6) is 0 Å². The molecule has 21 heteroatoms. The van der Waals surface area contributed by atoms with E-state index in [-0.39, 0.29) is 109 Å². The summed E-state index contributed by atoms with van der Waals surface area (Å²) in [5, 5.41) is 12.4. The Bertz CT molecular complexity index is 2250. The van der Waals surface area contributed by atoms with Gasteiger partial charge in [0.25, 0.3) is 0 Å². The van der Waals surface area contributed by atoms with Crippen molar-refractivity contribution in [2.75, 3.05) is 72.1 Å². The zero-order valence-corrected chi connectivity index (χ0v) is 39.7. The van der Waals surface area contributed by atoms with Crippen LogP contribution in [-0.2, 0) is 44.4 Å². The van der Waals surface area contributed by atoms with Crippen LogP contribution < -0.4 is 21.3 Å². The number of nitrogens with one attached hydrogen (secondary N) is 4. The van der Waals surface area contributed by atoms with Gasteiger partial charge in [-0.05, 0) is 89.2 Å². The van der Waals surface area contributed by atoms with Gasteiger partial charge in [-0.3, -0.25) is 29.0 Å². The van der Waals surface area contributed by atoms with Gasteiger partial charge in [0.15, 0.2) is 0 Å². The average molecular weight is 967 g/mol. The number of carbonyl (C=O) groups is 5. The number of anilines is 1. The molecule has 6 atom stereocenters. The number of halogens is 3. The lowest BCUT2D eigenvalue weighted by Crippen LogP contribution is -2.60. The minimum absolute atomic E-state index is 0.0891. The third kappa shape index (κ3) is 13.0. The minimum Gasteiger partial charge on any atom is -0.379 e. The Hall–Kier alpha value is -5.51. The number of hydrogen-bond acceptors (Lipinski definition) is 13. The standard InChI is InChI=1S/C48H65F3N10O8/c1-29(2)59(3)34-8-10-40(61-15-11-38(47(61)66)57-44-35-24-32(48(49,50)51)7-9-37(35)54-28-55-44)39(25-34)58-45(64)31-22-33(23-31)56-41(62)12-16-67-18-20-69-21-19-68-17-14-53-46(65)36-26-42(63)60(4)43(36)30-6-5-13-52-27-30/h5-7,9,13,24,27-29,31,33-34,36,38-40,43H,8,10-12,14-23,25-26H2,1-4H3,(H,53,65)(H,56,62)(H,58,64)(H,54,55,57)/t31-,33+,34-,36+,38+,39-,40+,43-/m1/s1. The molecule has 376 valence electrons. The zero-order chi connectivity index (χ0) is 49.2. The first-order chi connectivity index (χ1) is 33.1. The molecule has 0 bridgehead atoms. The topological polar surface area (TPSA) is 210 Å². The summed E-state index contributed by atoms with van der Waals surface area (Å²) >= 11 is 0. The number of hydrogen-bond donors (Lipinski definition) is 4. The van der Waals surface area contributed by atoms with Gasteiger partial charge in [-0.25, -0.2) is 9.97 Å². The molecule has 2 saturated carbocycles. The quantitative estimate of drug-likeness (QED) is 0.107. The van der Waals surface area contributed by atoms with E-state index in [1.165, 1.54) is 12.4 Å². The fourth-order valence-corrected chi connectivity index (χ4v) is 9.88. The normalized spacial score (nSPS) is 25.1. The molecular weight excluding hydrogens is 902 g/mol. The molecule has 4 aliphatic rings. The number of alkyl halides is 3. The predicted octanol–water partition coefficient (Wildman–Crippen LogP) is 3.47. The first-order valence-corrected chi connectivity index (χ1v) is 24.0. The van der Waals surface area contributed by atoms with Crippen LogP contribution >= 0.6 is 0 Å². The highest BCUT2D eigenvalue weighted by Crippen LogP contribution is 2.38. The molecule has 0 unspecified atom stereocenters. The van der Waals surface area contributed by atoms with Crippen LogP contribution in [-0.4, -0.2) is 162 Å². The van der Waals surface area contributed by atoms with Crippen LogP contribution in [0, 0.1) is 11.8 Å². The Morgan fingerprint density at radius 1 is 0.913 bits per heavy atom. The maximum atomic E-state index is 14.0. The smallest absolute Gasteiger partial charge is 0.379 e. The summed E-state index contributed by atoms with van der Waals surface area (Å²) in [6.45, 7) is 6.70. The van der Waals surface area contributed by atoms with Crippen molar-refractivity contribution < 1.29 is 51.4 Å². The van der Waals surface area contributed by atoms with Crippen LogP contribution in [0.1, 0.15) is 82.4 Å².